The van der Waals surface area contributed by atoms with Gasteiger partial charge < -0.3 is 0 Å². The Balaban J connectivity index is 1.45. The third kappa shape index (κ3) is 4.31. The SMILES string of the molecule is Cc1ccc(-c2csc(NC(=O)c3ccc(C(=O)c4ccccc4)cc3)n2)cc1. The quantitative estimate of drug-likeness (QED) is 0.445. The summed E-state index contributed by atoms with van der Waals surface area (Å²) in [6.07, 6.45) is 0. The Hall–Kier alpha value is -3.57. The van der Waals surface area contributed by atoms with Crippen molar-refractivity contribution >= 4 is 28.2 Å². The van der Waals surface area contributed by atoms with Gasteiger partial charge in [0.25, 0.3) is 5.91 Å². The highest BCUT2D eigenvalue weighted by Crippen LogP contribution is 2.25. The second-order valence-corrected chi connectivity index (χ2v) is 7.49. The molecule has 1 amide bonds. The number of amides is 1. The van der Waals surface area contributed by atoms with Crippen molar-refractivity contribution < 1.29 is 9.59 Å². The van der Waals surface area contributed by atoms with Crippen LogP contribution in [0.5, 0.6) is 0 Å². The fourth-order valence-corrected chi connectivity index (χ4v) is 3.60. The van der Waals surface area contributed by atoms with Gasteiger partial charge in [0, 0.05) is 27.6 Å². The number of carbonyl (C=O) groups excluding carboxylic acids is 2. The van der Waals surface area contributed by atoms with Crippen LogP contribution >= 0.6 is 11.3 Å². The molecule has 142 valence electrons. The number of thiazole rings is 1. The van der Waals surface area contributed by atoms with Gasteiger partial charge in [0.2, 0.25) is 0 Å². The van der Waals surface area contributed by atoms with Crippen molar-refractivity contribution in [3.63, 3.8) is 0 Å². The lowest BCUT2D eigenvalue weighted by atomic mass is 10.0. The molecule has 0 unspecified atom stereocenters. The number of rotatable bonds is 5. The standard InChI is InChI=1S/C24H18N2O2S/c1-16-7-9-17(10-8-16)21-15-29-24(25-21)26-23(28)20-13-11-19(12-14-20)22(27)18-5-3-2-4-6-18/h2-15H,1H3,(H,25,26,28). The maximum atomic E-state index is 12.5. The van der Waals surface area contributed by atoms with E-state index in [1.54, 1.807) is 36.4 Å². The summed E-state index contributed by atoms with van der Waals surface area (Å²) >= 11 is 1.38. The van der Waals surface area contributed by atoms with Gasteiger partial charge in [0.15, 0.2) is 10.9 Å². The lowest BCUT2D eigenvalue weighted by Gasteiger charge is -2.04. The van der Waals surface area contributed by atoms with Gasteiger partial charge in [-0.2, -0.15) is 0 Å². The van der Waals surface area contributed by atoms with Gasteiger partial charge in [0.05, 0.1) is 5.69 Å². The Bertz CT molecular complexity index is 1150. The largest absolute Gasteiger partial charge is 0.298 e. The van der Waals surface area contributed by atoms with E-state index in [9.17, 15) is 9.59 Å². The first-order valence-electron chi connectivity index (χ1n) is 9.14. The number of benzene rings is 3. The molecule has 4 aromatic rings. The molecule has 1 heterocycles. The van der Waals surface area contributed by atoms with Crippen molar-refractivity contribution in [2.24, 2.45) is 0 Å². The number of carbonyl (C=O) groups is 2. The van der Waals surface area contributed by atoms with Crippen LogP contribution in [0.25, 0.3) is 11.3 Å². The van der Waals surface area contributed by atoms with Gasteiger partial charge in [-0.25, -0.2) is 4.98 Å². The zero-order valence-electron chi connectivity index (χ0n) is 15.8. The molecular weight excluding hydrogens is 380 g/mol. The average molecular weight is 398 g/mol. The third-order valence-electron chi connectivity index (χ3n) is 4.52. The molecule has 3 aromatic carbocycles. The van der Waals surface area contributed by atoms with Crippen LogP contribution in [0.3, 0.4) is 0 Å². The summed E-state index contributed by atoms with van der Waals surface area (Å²) in [5.74, 6) is -0.325. The summed E-state index contributed by atoms with van der Waals surface area (Å²) in [4.78, 5) is 29.5. The lowest BCUT2D eigenvalue weighted by Crippen LogP contribution is -2.12. The number of hydrogen-bond donors (Lipinski definition) is 1. The number of nitrogens with zero attached hydrogens (tertiary/aromatic N) is 1. The van der Waals surface area contributed by atoms with Crippen molar-refractivity contribution in [1.82, 2.24) is 4.98 Å². The monoisotopic (exact) mass is 398 g/mol. The van der Waals surface area contributed by atoms with Crippen LogP contribution in [-0.4, -0.2) is 16.7 Å². The molecule has 1 N–H and O–H groups in total. The molecule has 0 fully saturated rings. The maximum Gasteiger partial charge on any atom is 0.257 e. The summed E-state index contributed by atoms with van der Waals surface area (Å²) in [5.41, 5.74) is 4.67. The number of aryl methyl sites for hydroxylation is 1. The molecule has 0 spiro atoms. The molecule has 5 heteroatoms. The molecule has 1 aromatic heterocycles. The van der Waals surface area contributed by atoms with Gasteiger partial charge in [-0.3, -0.25) is 14.9 Å². The third-order valence-corrected chi connectivity index (χ3v) is 5.27. The molecule has 0 atom stereocenters. The van der Waals surface area contributed by atoms with E-state index in [0.29, 0.717) is 21.8 Å². The number of nitrogens with one attached hydrogen (secondary N) is 1. The topological polar surface area (TPSA) is 59.1 Å². The Labute approximate surface area is 172 Å². The highest BCUT2D eigenvalue weighted by atomic mass is 32.1. The Kier molecular flexibility index (Phi) is 5.31. The Morgan fingerprint density at radius 2 is 1.41 bits per heavy atom. The molecule has 0 bridgehead atoms. The molecule has 0 aliphatic heterocycles. The van der Waals surface area contributed by atoms with Gasteiger partial charge in [-0.15, -0.1) is 11.3 Å². The molecule has 4 nitrogen and oxygen atoms in total. The summed E-state index contributed by atoms with van der Waals surface area (Å²) in [6, 6.07) is 23.8. The Morgan fingerprint density at radius 1 is 0.793 bits per heavy atom. The molecular formula is C24H18N2O2S. The van der Waals surface area contributed by atoms with Gasteiger partial charge in [-0.1, -0.05) is 72.3 Å². The first-order chi connectivity index (χ1) is 14.1. The van der Waals surface area contributed by atoms with Crippen molar-refractivity contribution in [1.29, 1.82) is 0 Å². The summed E-state index contributed by atoms with van der Waals surface area (Å²) < 4.78 is 0. The van der Waals surface area contributed by atoms with Crippen LogP contribution in [0.1, 0.15) is 31.8 Å². The van der Waals surface area contributed by atoms with Gasteiger partial charge in [0.1, 0.15) is 0 Å². The summed E-state index contributed by atoms with van der Waals surface area (Å²) in [6.45, 7) is 2.04. The molecule has 0 radical (unpaired) electrons. The smallest absolute Gasteiger partial charge is 0.257 e. The van der Waals surface area contributed by atoms with Crippen molar-refractivity contribution in [3.05, 3.63) is 106 Å². The van der Waals surface area contributed by atoms with E-state index >= 15 is 0 Å². The minimum absolute atomic E-state index is 0.0692. The fraction of sp³-hybridized carbons (Fsp3) is 0.0417. The van der Waals surface area contributed by atoms with Crippen LogP contribution < -0.4 is 5.32 Å². The maximum absolute atomic E-state index is 12.5. The van der Waals surface area contributed by atoms with Gasteiger partial charge >= 0.3 is 0 Å². The second-order valence-electron chi connectivity index (χ2n) is 6.63. The highest BCUT2D eigenvalue weighted by Gasteiger charge is 2.12. The minimum atomic E-state index is -0.256. The van der Waals surface area contributed by atoms with E-state index in [-0.39, 0.29) is 11.7 Å². The number of ketones is 1. The number of anilines is 1. The van der Waals surface area contributed by atoms with E-state index in [0.717, 1.165) is 11.3 Å². The van der Waals surface area contributed by atoms with Gasteiger partial charge in [-0.05, 0) is 19.1 Å². The van der Waals surface area contributed by atoms with Crippen LogP contribution in [-0.2, 0) is 0 Å². The highest BCUT2D eigenvalue weighted by molar-refractivity contribution is 7.14. The van der Waals surface area contributed by atoms with E-state index in [2.05, 4.69) is 10.3 Å². The average Bonchev–Trinajstić information content (AvgIpc) is 3.23. The van der Waals surface area contributed by atoms with E-state index in [1.165, 1.54) is 16.9 Å². The molecule has 0 aliphatic carbocycles. The molecule has 29 heavy (non-hydrogen) atoms. The van der Waals surface area contributed by atoms with Crippen LogP contribution in [0.2, 0.25) is 0 Å². The normalized spacial score (nSPS) is 10.5. The predicted octanol–water partition coefficient (Wildman–Crippen LogP) is 5.60. The molecule has 0 saturated carbocycles. The molecule has 4 rings (SSSR count). The zero-order chi connectivity index (χ0) is 20.2. The first-order valence-corrected chi connectivity index (χ1v) is 10.0. The fourth-order valence-electron chi connectivity index (χ4n) is 2.89. The van der Waals surface area contributed by atoms with E-state index in [1.807, 2.05) is 54.8 Å². The second kappa shape index (κ2) is 8.20. The molecule has 0 aliphatic rings. The summed E-state index contributed by atoms with van der Waals surface area (Å²) in [7, 11) is 0. The van der Waals surface area contributed by atoms with Crippen LogP contribution in [0, 0.1) is 6.92 Å². The van der Waals surface area contributed by atoms with Crippen molar-refractivity contribution in [3.8, 4) is 11.3 Å². The number of aromatic nitrogens is 1. The molecule has 0 saturated heterocycles. The van der Waals surface area contributed by atoms with Crippen molar-refractivity contribution in [2.45, 2.75) is 6.92 Å². The number of hydrogen-bond acceptors (Lipinski definition) is 4. The van der Waals surface area contributed by atoms with E-state index < -0.39 is 0 Å². The van der Waals surface area contributed by atoms with Crippen LogP contribution in [0.15, 0.2) is 84.2 Å². The zero-order valence-corrected chi connectivity index (χ0v) is 16.6. The predicted molar refractivity (Wildman–Crippen MR) is 117 cm³/mol. The Morgan fingerprint density at radius 3 is 2.10 bits per heavy atom. The van der Waals surface area contributed by atoms with Crippen molar-refractivity contribution in [2.75, 3.05) is 5.32 Å². The summed E-state index contributed by atoms with van der Waals surface area (Å²) in [5, 5.41) is 5.28. The minimum Gasteiger partial charge on any atom is -0.298 e. The van der Waals surface area contributed by atoms with Crippen LogP contribution in [0.4, 0.5) is 5.13 Å². The lowest BCUT2D eigenvalue weighted by molar-refractivity contribution is 0.102. The first kappa shape index (κ1) is 18.8. The van der Waals surface area contributed by atoms with E-state index in [4.69, 9.17) is 0 Å².